The molecular formula is C20H24N4O2S. The molecule has 2 aromatic rings. The summed E-state index contributed by atoms with van der Waals surface area (Å²) in [7, 11) is 0. The fourth-order valence-corrected chi connectivity index (χ4v) is 3.70. The second-order valence-corrected chi connectivity index (χ2v) is 7.33. The van der Waals surface area contributed by atoms with Crippen molar-refractivity contribution in [2.75, 3.05) is 36.1 Å². The third-order valence-electron chi connectivity index (χ3n) is 4.70. The standard InChI is InChI=1S/C20H24N4O2S/c1-27-17-7-3-2-6-16(17)23-20(26)19(25)22-14-15-9-12-24(13-10-15)18-8-4-5-11-21-18/h2-8,11,15H,9-10,12-14H2,1H3,(H,22,25)(H,23,26). The van der Waals surface area contributed by atoms with Crippen molar-refractivity contribution in [1.29, 1.82) is 0 Å². The van der Waals surface area contributed by atoms with Crippen molar-refractivity contribution in [1.82, 2.24) is 10.3 Å². The molecule has 142 valence electrons. The van der Waals surface area contributed by atoms with Crippen LogP contribution in [0.1, 0.15) is 12.8 Å². The summed E-state index contributed by atoms with van der Waals surface area (Å²) in [5.74, 6) is 0.160. The second-order valence-electron chi connectivity index (χ2n) is 6.48. The van der Waals surface area contributed by atoms with E-state index in [9.17, 15) is 9.59 Å². The Balaban J connectivity index is 1.43. The first kappa shape index (κ1) is 19.2. The molecule has 3 rings (SSSR count). The maximum absolute atomic E-state index is 12.1. The van der Waals surface area contributed by atoms with E-state index < -0.39 is 11.8 Å². The molecule has 0 unspecified atom stereocenters. The van der Waals surface area contributed by atoms with Gasteiger partial charge in [0.25, 0.3) is 0 Å². The van der Waals surface area contributed by atoms with Gasteiger partial charge in [0.05, 0.1) is 5.69 Å². The second kappa shape index (κ2) is 9.41. The Hall–Kier alpha value is -2.54. The van der Waals surface area contributed by atoms with Gasteiger partial charge in [0.1, 0.15) is 5.82 Å². The zero-order chi connectivity index (χ0) is 19.1. The number of nitrogens with one attached hydrogen (secondary N) is 2. The molecule has 1 aliphatic rings. The van der Waals surface area contributed by atoms with Crippen molar-refractivity contribution < 1.29 is 9.59 Å². The molecule has 2 amide bonds. The zero-order valence-electron chi connectivity index (χ0n) is 15.4. The summed E-state index contributed by atoms with van der Waals surface area (Å²) in [5, 5.41) is 5.46. The summed E-state index contributed by atoms with van der Waals surface area (Å²) < 4.78 is 0. The third kappa shape index (κ3) is 5.23. The predicted molar refractivity (Wildman–Crippen MR) is 109 cm³/mol. The lowest BCUT2D eigenvalue weighted by molar-refractivity contribution is -0.136. The number of amides is 2. The lowest BCUT2D eigenvalue weighted by Crippen LogP contribution is -2.42. The summed E-state index contributed by atoms with van der Waals surface area (Å²) in [6.45, 7) is 2.34. The van der Waals surface area contributed by atoms with Crippen LogP contribution in [0.5, 0.6) is 0 Å². The molecule has 0 spiro atoms. The fourth-order valence-electron chi connectivity index (χ4n) is 3.15. The van der Waals surface area contributed by atoms with Crippen molar-refractivity contribution in [2.24, 2.45) is 5.92 Å². The molecule has 1 aromatic heterocycles. The van der Waals surface area contributed by atoms with E-state index >= 15 is 0 Å². The Morgan fingerprint density at radius 2 is 1.85 bits per heavy atom. The Labute approximate surface area is 163 Å². The van der Waals surface area contributed by atoms with Gasteiger partial charge < -0.3 is 15.5 Å². The molecule has 2 N–H and O–H groups in total. The normalized spacial score (nSPS) is 14.6. The van der Waals surface area contributed by atoms with Gasteiger partial charge in [-0.15, -0.1) is 11.8 Å². The molecule has 1 aromatic carbocycles. The van der Waals surface area contributed by atoms with Gasteiger partial charge in [-0.1, -0.05) is 18.2 Å². The number of piperidine rings is 1. The van der Waals surface area contributed by atoms with E-state index in [0.717, 1.165) is 36.6 Å². The maximum Gasteiger partial charge on any atom is 0.313 e. The van der Waals surface area contributed by atoms with Crippen molar-refractivity contribution in [3.8, 4) is 0 Å². The minimum atomic E-state index is -0.623. The monoisotopic (exact) mass is 384 g/mol. The van der Waals surface area contributed by atoms with Crippen molar-refractivity contribution in [2.45, 2.75) is 17.7 Å². The van der Waals surface area contributed by atoms with E-state index in [1.54, 1.807) is 12.3 Å². The molecule has 7 heteroatoms. The predicted octanol–water partition coefficient (Wildman–Crippen LogP) is 2.77. The van der Waals surface area contributed by atoms with Gasteiger partial charge in [-0.25, -0.2) is 4.98 Å². The van der Waals surface area contributed by atoms with Gasteiger partial charge in [-0.05, 0) is 49.3 Å². The van der Waals surface area contributed by atoms with Crippen LogP contribution in [0, 0.1) is 5.92 Å². The van der Waals surface area contributed by atoms with Crippen LogP contribution in [0.3, 0.4) is 0 Å². The number of hydrogen-bond donors (Lipinski definition) is 2. The zero-order valence-corrected chi connectivity index (χ0v) is 16.2. The quantitative estimate of drug-likeness (QED) is 0.613. The molecule has 6 nitrogen and oxygen atoms in total. The highest BCUT2D eigenvalue weighted by Gasteiger charge is 2.22. The van der Waals surface area contributed by atoms with Gasteiger partial charge in [0.2, 0.25) is 0 Å². The minimum Gasteiger partial charge on any atom is -0.357 e. The molecule has 0 aliphatic carbocycles. The van der Waals surface area contributed by atoms with Gasteiger partial charge in [-0.2, -0.15) is 0 Å². The highest BCUT2D eigenvalue weighted by atomic mass is 32.2. The van der Waals surface area contributed by atoms with E-state index in [2.05, 4.69) is 20.5 Å². The fraction of sp³-hybridized carbons (Fsp3) is 0.350. The SMILES string of the molecule is CSc1ccccc1NC(=O)C(=O)NCC1CCN(c2ccccn2)CC1. The number of para-hydroxylation sites is 1. The van der Waals surface area contributed by atoms with Crippen LogP contribution in [0.4, 0.5) is 11.5 Å². The smallest absolute Gasteiger partial charge is 0.313 e. The molecule has 27 heavy (non-hydrogen) atoms. The summed E-state index contributed by atoms with van der Waals surface area (Å²) in [5.41, 5.74) is 0.661. The molecule has 1 aliphatic heterocycles. The van der Waals surface area contributed by atoms with Crippen molar-refractivity contribution >= 4 is 35.1 Å². The molecule has 0 bridgehead atoms. The summed E-state index contributed by atoms with van der Waals surface area (Å²) in [6, 6.07) is 13.4. The maximum atomic E-state index is 12.1. The number of aromatic nitrogens is 1. The van der Waals surface area contributed by atoms with Crippen LogP contribution in [0.25, 0.3) is 0 Å². The lowest BCUT2D eigenvalue weighted by Gasteiger charge is -2.32. The first-order valence-electron chi connectivity index (χ1n) is 9.05. The highest BCUT2D eigenvalue weighted by molar-refractivity contribution is 7.98. The van der Waals surface area contributed by atoms with E-state index in [4.69, 9.17) is 0 Å². The molecular weight excluding hydrogens is 360 g/mol. The Kier molecular flexibility index (Phi) is 6.70. The number of carbonyl (C=O) groups is 2. The number of pyridine rings is 1. The van der Waals surface area contributed by atoms with Crippen molar-refractivity contribution in [3.63, 3.8) is 0 Å². The Bertz CT molecular complexity index is 777. The lowest BCUT2D eigenvalue weighted by atomic mass is 9.97. The summed E-state index contributed by atoms with van der Waals surface area (Å²) >= 11 is 1.53. The Morgan fingerprint density at radius 3 is 2.56 bits per heavy atom. The molecule has 0 atom stereocenters. The first-order valence-corrected chi connectivity index (χ1v) is 10.3. The number of thioether (sulfide) groups is 1. The average Bonchev–Trinajstić information content (AvgIpc) is 2.73. The summed E-state index contributed by atoms with van der Waals surface area (Å²) in [4.78, 5) is 31.8. The van der Waals surface area contributed by atoms with Gasteiger partial charge >= 0.3 is 11.8 Å². The van der Waals surface area contributed by atoms with Gasteiger partial charge in [-0.3, -0.25) is 9.59 Å². The molecule has 1 fully saturated rings. The van der Waals surface area contributed by atoms with Crippen LogP contribution in [-0.4, -0.2) is 42.7 Å². The van der Waals surface area contributed by atoms with E-state index in [-0.39, 0.29) is 0 Å². The molecule has 0 radical (unpaired) electrons. The summed E-state index contributed by atoms with van der Waals surface area (Å²) in [6.07, 6.45) is 5.67. The first-order chi connectivity index (χ1) is 13.2. The minimum absolute atomic E-state index is 0.375. The molecule has 1 saturated heterocycles. The Morgan fingerprint density at radius 1 is 1.11 bits per heavy atom. The van der Waals surface area contributed by atoms with Crippen LogP contribution in [0.2, 0.25) is 0 Å². The number of hydrogen-bond acceptors (Lipinski definition) is 5. The highest BCUT2D eigenvalue weighted by Crippen LogP contribution is 2.24. The third-order valence-corrected chi connectivity index (χ3v) is 5.50. The average molecular weight is 385 g/mol. The van der Waals surface area contributed by atoms with E-state index in [0.29, 0.717) is 18.2 Å². The topological polar surface area (TPSA) is 74.3 Å². The van der Waals surface area contributed by atoms with Crippen LogP contribution < -0.4 is 15.5 Å². The number of anilines is 2. The number of carbonyl (C=O) groups excluding carboxylic acids is 2. The van der Waals surface area contributed by atoms with Gasteiger partial charge in [0, 0.05) is 30.7 Å². The number of benzene rings is 1. The number of nitrogens with zero attached hydrogens (tertiary/aromatic N) is 2. The number of rotatable bonds is 5. The largest absolute Gasteiger partial charge is 0.357 e. The molecule has 0 saturated carbocycles. The van der Waals surface area contributed by atoms with Crippen LogP contribution >= 0.6 is 11.8 Å². The van der Waals surface area contributed by atoms with Crippen LogP contribution in [0.15, 0.2) is 53.6 Å². The van der Waals surface area contributed by atoms with E-state index in [1.165, 1.54) is 11.8 Å². The van der Waals surface area contributed by atoms with Crippen molar-refractivity contribution in [3.05, 3.63) is 48.7 Å². The van der Waals surface area contributed by atoms with Crippen LogP contribution in [-0.2, 0) is 9.59 Å². The van der Waals surface area contributed by atoms with E-state index in [1.807, 2.05) is 42.7 Å². The van der Waals surface area contributed by atoms with Gasteiger partial charge in [0.15, 0.2) is 0 Å². The molecule has 2 heterocycles.